The average molecular weight is 353 g/mol. The summed E-state index contributed by atoms with van der Waals surface area (Å²) >= 11 is 0. The third-order valence-corrected chi connectivity index (χ3v) is 4.75. The zero-order valence-corrected chi connectivity index (χ0v) is 14.6. The van der Waals surface area contributed by atoms with Crippen LogP contribution in [0, 0.1) is 0 Å². The van der Waals surface area contributed by atoms with Gasteiger partial charge in [0.25, 0.3) is 5.91 Å². The molecule has 1 amide bonds. The lowest BCUT2D eigenvalue weighted by Gasteiger charge is -2.25. The Labute approximate surface area is 153 Å². The van der Waals surface area contributed by atoms with Crippen molar-refractivity contribution in [1.29, 1.82) is 0 Å². The van der Waals surface area contributed by atoms with Crippen molar-refractivity contribution in [2.24, 2.45) is 0 Å². The molecule has 0 radical (unpaired) electrons. The molecule has 0 saturated heterocycles. The minimum atomic E-state index is -0.548. The fourth-order valence-corrected chi connectivity index (χ4v) is 3.32. The molecule has 1 unspecified atom stereocenters. The van der Waals surface area contributed by atoms with Crippen molar-refractivity contribution in [2.45, 2.75) is 31.8 Å². The number of amides is 1. The molecule has 1 aliphatic carbocycles. The average Bonchev–Trinajstić information content (AvgIpc) is 2.70. The number of carbonyl (C=O) groups excluding carboxylic acids is 2. The van der Waals surface area contributed by atoms with E-state index in [9.17, 15) is 9.59 Å². The molecule has 0 aromatic heterocycles. The molecule has 1 atom stereocenters. The summed E-state index contributed by atoms with van der Waals surface area (Å²) in [5.41, 5.74) is 3.74. The van der Waals surface area contributed by atoms with Crippen molar-refractivity contribution in [3.8, 4) is 0 Å². The lowest BCUT2D eigenvalue weighted by Crippen LogP contribution is -2.33. The van der Waals surface area contributed by atoms with Crippen molar-refractivity contribution >= 4 is 11.9 Å². The first-order valence-corrected chi connectivity index (χ1v) is 8.89. The molecule has 2 aromatic rings. The summed E-state index contributed by atoms with van der Waals surface area (Å²) in [4.78, 5) is 24.0. The van der Waals surface area contributed by atoms with Gasteiger partial charge < -0.3 is 15.2 Å². The number of nitrogens with one attached hydrogen (secondary N) is 1. The first kappa shape index (κ1) is 18.1. The Balaban J connectivity index is 1.46. The highest BCUT2D eigenvalue weighted by Crippen LogP contribution is 2.30. The smallest absolute Gasteiger partial charge is 0.338 e. The molecule has 0 saturated carbocycles. The van der Waals surface area contributed by atoms with Crippen molar-refractivity contribution in [3.63, 3.8) is 0 Å². The molecular formula is C21H23NO4. The van der Waals surface area contributed by atoms with Crippen LogP contribution in [0.5, 0.6) is 0 Å². The second-order valence-electron chi connectivity index (χ2n) is 6.52. The Morgan fingerprint density at radius 3 is 2.65 bits per heavy atom. The van der Waals surface area contributed by atoms with Crippen molar-refractivity contribution in [3.05, 3.63) is 70.8 Å². The number of fused-ring (bicyclic) bond motifs is 1. The van der Waals surface area contributed by atoms with E-state index < -0.39 is 5.97 Å². The molecule has 0 aliphatic heterocycles. The predicted molar refractivity (Wildman–Crippen MR) is 97.8 cm³/mol. The van der Waals surface area contributed by atoms with Crippen molar-refractivity contribution in [1.82, 2.24) is 5.32 Å². The van der Waals surface area contributed by atoms with Crippen LogP contribution in [0.1, 0.15) is 45.8 Å². The quantitative estimate of drug-likeness (QED) is 0.783. The minimum Gasteiger partial charge on any atom is -0.452 e. The standard InChI is InChI=1S/C21H23NO4/c23-13-15-8-10-17(11-9-15)21(25)26-14-20(24)22-12-18-6-3-5-16-4-1-2-7-19(16)18/h1-2,4,7-11,18,23H,3,5-6,12-14H2,(H,22,24). The zero-order chi connectivity index (χ0) is 18.4. The van der Waals surface area contributed by atoms with E-state index >= 15 is 0 Å². The number of hydrogen-bond acceptors (Lipinski definition) is 4. The molecule has 136 valence electrons. The first-order valence-electron chi connectivity index (χ1n) is 8.89. The van der Waals surface area contributed by atoms with E-state index in [-0.39, 0.29) is 19.1 Å². The molecule has 1 aliphatic rings. The van der Waals surface area contributed by atoms with Crippen LogP contribution in [0.3, 0.4) is 0 Å². The van der Waals surface area contributed by atoms with Gasteiger partial charge in [-0.3, -0.25) is 4.79 Å². The second-order valence-corrected chi connectivity index (χ2v) is 6.52. The van der Waals surface area contributed by atoms with Gasteiger partial charge in [0, 0.05) is 12.5 Å². The summed E-state index contributed by atoms with van der Waals surface area (Å²) in [7, 11) is 0. The Hall–Kier alpha value is -2.66. The number of aliphatic hydroxyl groups is 1. The number of rotatable bonds is 6. The fraction of sp³-hybridized carbons (Fsp3) is 0.333. The lowest BCUT2D eigenvalue weighted by molar-refractivity contribution is -0.124. The number of ether oxygens (including phenoxy) is 1. The largest absolute Gasteiger partial charge is 0.452 e. The first-order chi connectivity index (χ1) is 12.7. The molecule has 2 aromatic carbocycles. The van der Waals surface area contributed by atoms with E-state index in [0.717, 1.165) is 19.3 Å². The fourth-order valence-electron chi connectivity index (χ4n) is 3.32. The van der Waals surface area contributed by atoms with E-state index in [2.05, 4.69) is 17.4 Å². The molecule has 5 nitrogen and oxygen atoms in total. The number of benzene rings is 2. The van der Waals surface area contributed by atoms with Gasteiger partial charge in [-0.15, -0.1) is 0 Å². The van der Waals surface area contributed by atoms with Gasteiger partial charge in [0.1, 0.15) is 0 Å². The third kappa shape index (κ3) is 4.49. The maximum absolute atomic E-state index is 12.0. The van der Waals surface area contributed by atoms with Gasteiger partial charge in [0.2, 0.25) is 0 Å². The van der Waals surface area contributed by atoms with Gasteiger partial charge >= 0.3 is 5.97 Å². The van der Waals surface area contributed by atoms with Crippen LogP contribution in [0.15, 0.2) is 48.5 Å². The maximum atomic E-state index is 12.0. The molecule has 0 spiro atoms. The van der Waals surface area contributed by atoms with Crippen LogP contribution < -0.4 is 5.32 Å². The van der Waals surface area contributed by atoms with Crippen LogP contribution in [0.25, 0.3) is 0 Å². The highest BCUT2D eigenvalue weighted by atomic mass is 16.5. The second kappa shape index (κ2) is 8.63. The van der Waals surface area contributed by atoms with Gasteiger partial charge in [-0.1, -0.05) is 36.4 Å². The van der Waals surface area contributed by atoms with Crippen molar-refractivity contribution < 1.29 is 19.4 Å². The number of esters is 1. The topological polar surface area (TPSA) is 75.6 Å². The maximum Gasteiger partial charge on any atom is 0.338 e. The summed E-state index contributed by atoms with van der Waals surface area (Å²) in [6.45, 7) is 0.176. The summed E-state index contributed by atoms with van der Waals surface area (Å²) in [5.74, 6) is -0.535. The van der Waals surface area contributed by atoms with E-state index in [0.29, 0.717) is 23.6 Å². The minimum absolute atomic E-state index is 0.0813. The Morgan fingerprint density at radius 2 is 1.88 bits per heavy atom. The van der Waals surface area contributed by atoms with E-state index in [1.807, 2.05) is 12.1 Å². The molecule has 26 heavy (non-hydrogen) atoms. The number of aliphatic hydroxyl groups excluding tert-OH is 1. The van der Waals surface area contributed by atoms with E-state index in [1.165, 1.54) is 11.1 Å². The Morgan fingerprint density at radius 1 is 1.12 bits per heavy atom. The van der Waals surface area contributed by atoms with Crippen LogP contribution in [-0.2, 0) is 22.6 Å². The van der Waals surface area contributed by atoms with Crippen LogP contribution in [0.4, 0.5) is 0 Å². The molecular weight excluding hydrogens is 330 g/mol. The molecule has 3 rings (SSSR count). The highest BCUT2D eigenvalue weighted by Gasteiger charge is 2.20. The molecule has 5 heteroatoms. The van der Waals surface area contributed by atoms with Crippen LogP contribution in [0.2, 0.25) is 0 Å². The molecule has 0 fully saturated rings. The number of carbonyl (C=O) groups is 2. The molecule has 0 heterocycles. The van der Waals surface area contributed by atoms with Crippen LogP contribution >= 0.6 is 0 Å². The van der Waals surface area contributed by atoms with E-state index in [1.54, 1.807) is 24.3 Å². The molecule has 2 N–H and O–H groups in total. The van der Waals surface area contributed by atoms with Crippen molar-refractivity contribution in [2.75, 3.05) is 13.2 Å². The zero-order valence-electron chi connectivity index (χ0n) is 14.6. The van der Waals surface area contributed by atoms with Gasteiger partial charge in [0.15, 0.2) is 6.61 Å². The van der Waals surface area contributed by atoms with Crippen LogP contribution in [-0.4, -0.2) is 30.1 Å². The van der Waals surface area contributed by atoms with Gasteiger partial charge in [-0.2, -0.15) is 0 Å². The summed E-state index contributed by atoms with van der Waals surface area (Å²) < 4.78 is 5.06. The monoisotopic (exact) mass is 353 g/mol. The third-order valence-electron chi connectivity index (χ3n) is 4.75. The summed E-state index contributed by atoms with van der Waals surface area (Å²) in [6.07, 6.45) is 3.26. The highest BCUT2D eigenvalue weighted by molar-refractivity contribution is 5.91. The molecule has 0 bridgehead atoms. The van der Waals surface area contributed by atoms with Gasteiger partial charge in [-0.05, 0) is 48.1 Å². The lowest BCUT2D eigenvalue weighted by atomic mass is 9.83. The number of hydrogen-bond donors (Lipinski definition) is 2. The van der Waals surface area contributed by atoms with Gasteiger partial charge in [0.05, 0.1) is 12.2 Å². The Kier molecular flexibility index (Phi) is 6.02. The summed E-state index contributed by atoms with van der Waals surface area (Å²) in [5, 5.41) is 11.9. The van der Waals surface area contributed by atoms with Gasteiger partial charge in [-0.25, -0.2) is 4.79 Å². The number of aryl methyl sites for hydroxylation is 1. The predicted octanol–water partition coefficient (Wildman–Crippen LogP) is 2.57. The van der Waals surface area contributed by atoms with E-state index in [4.69, 9.17) is 9.84 Å². The Bertz CT molecular complexity index is 770. The SMILES string of the molecule is O=C(COC(=O)c1ccc(CO)cc1)NCC1CCCc2ccccc21. The normalized spacial score (nSPS) is 15.8. The summed E-state index contributed by atoms with van der Waals surface area (Å²) in [6, 6.07) is 14.8.